The van der Waals surface area contributed by atoms with Crippen molar-refractivity contribution < 1.29 is 19.0 Å². The first-order valence-electron chi connectivity index (χ1n) is 9.30. The summed E-state index contributed by atoms with van der Waals surface area (Å²) in [6, 6.07) is 15.6. The summed E-state index contributed by atoms with van der Waals surface area (Å²) in [6.07, 6.45) is -0.113. The molecule has 0 radical (unpaired) electrons. The third-order valence-corrected chi connectivity index (χ3v) is 5.30. The molecule has 6 nitrogen and oxygen atoms in total. The number of methoxy groups -OCH3 is 2. The summed E-state index contributed by atoms with van der Waals surface area (Å²) >= 11 is 0. The van der Waals surface area contributed by atoms with Crippen molar-refractivity contribution in [3.63, 3.8) is 0 Å². The molecule has 146 valence electrons. The van der Waals surface area contributed by atoms with Gasteiger partial charge in [0, 0.05) is 19.0 Å². The van der Waals surface area contributed by atoms with Crippen molar-refractivity contribution in [2.45, 2.75) is 6.10 Å². The van der Waals surface area contributed by atoms with Crippen LogP contribution in [0.2, 0.25) is 0 Å². The van der Waals surface area contributed by atoms with Crippen LogP contribution in [-0.2, 0) is 11.8 Å². The Kier molecular flexibility index (Phi) is 4.96. The molecule has 1 amide bonds. The van der Waals surface area contributed by atoms with Crippen molar-refractivity contribution in [2.75, 3.05) is 33.9 Å². The number of nitrogens with zero attached hydrogens (tertiary/aromatic N) is 2. The van der Waals surface area contributed by atoms with Crippen LogP contribution in [-0.4, -0.2) is 49.3 Å². The Bertz CT molecular complexity index is 997. The zero-order valence-corrected chi connectivity index (χ0v) is 16.3. The second-order valence-corrected chi connectivity index (χ2v) is 6.84. The van der Waals surface area contributed by atoms with E-state index in [1.54, 1.807) is 14.2 Å². The molecule has 1 aliphatic heterocycles. The highest BCUT2D eigenvalue weighted by Gasteiger charge is 2.28. The van der Waals surface area contributed by atoms with Crippen LogP contribution in [0.25, 0.3) is 10.9 Å². The van der Waals surface area contributed by atoms with Gasteiger partial charge in [0.15, 0.2) is 0 Å². The zero-order valence-electron chi connectivity index (χ0n) is 16.3. The van der Waals surface area contributed by atoms with E-state index in [2.05, 4.69) is 0 Å². The van der Waals surface area contributed by atoms with Gasteiger partial charge in [-0.05, 0) is 23.8 Å². The Hall–Kier alpha value is -2.99. The minimum absolute atomic E-state index is 0.0213. The molecular weight excluding hydrogens is 356 g/mol. The fourth-order valence-corrected chi connectivity index (χ4v) is 3.82. The molecule has 0 spiro atoms. The summed E-state index contributed by atoms with van der Waals surface area (Å²) in [5.41, 5.74) is 2.53. The van der Waals surface area contributed by atoms with E-state index >= 15 is 0 Å². The SMILES string of the molecule is COc1ccc(OC)c2c1cc(C(=O)N1CCO[C@@H](c3ccccc3)C1)n2C. The van der Waals surface area contributed by atoms with E-state index in [4.69, 9.17) is 14.2 Å². The molecule has 0 bridgehead atoms. The van der Waals surface area contributed by atoms with Gasteiger partial charge in [0.25, 0.3) is 5.91 Å². The number of benzene rings is 2. The highest BCUT2D eigenvalue weighted by atomic mass is 16.5. The molecule has 0 unspecified atom stereocenters. The van der Waals surface area contributed by atoms with Gasteiger partial charge in [0.05, 0.1) is 32.9 Å². The van der Waals surface area contributed by atoms with Crippen molar-refractivity contribution >= 4 is 16.8 Å². The van der Waals surface area contributed by atoms with E-state index in [0.717, 1.165) is 22.2 Å². The van der Waals surface area contributed by atoms with Gasteiger partial charge in [-0.25, -0.2) is 0 Å². The van der Waals surface area contributed by atoms with Crippen LogP contribution in [0.15, 0.2) is 48.5 Å². The van der Waals surface area contributed by atoms with Gasteiger partial charge in [-0.15, -0.1) is 0 Å². The Morgan fingerprint density at radius 2 is 1.79 bits per heavy atom. The molecule has 1 saturated heterocycles. The predicted molar refractivity (Wildman–Crippen MR) is 107 cm³/mol. The molecule has 4 rings (SSSR count). The molecule has 1 aromatic heterocycles. The van der Waals surface area contributed by atoms with Crippen molar-refractivity contribution in [3.05, 3.63) is 59.8 Å². The molecule has 0 saturated carbocycles. The maximum atomic E-state index is 13.3. The van der Waals surface area contributed by atoms with Crippen molar-refractivity contribution in [1.29, 1.82) is 0 Å². The van der Waals surface area contributed by atoms with Gasteiger partial charge < -0.3 is 23.7 Å². The van der Waals surface area contributed by atoms with Crippen LogP contribution in [0, 0.1) is 0 Å². The number of amides is 1. The molecule has 2 aromatic carbocycles. The molecule has 2 heterocycles. The normalized spacial score (nSPS) is 17.0. The quantitative estimate of drug-likeness (QED) is 0.696. The maximum Gasteiger partial charge on any atom is 0.270 e. The van der Waals surface area contributed by atoms with Gasteiger partial charge in [-0.2, -0.15) is 0 Å². The van der Waals surface area contributed by atoms with Crippen molar-refractivity contribution in [1.82, 2.24) is 9.47 Å². The van der Waals surface area contributed by atoms with Crippen LogP contribution in [0.4, 0.5) is 0 Å². The summed E-state index contributed by atoms with van der Waals surface area (Å²) in [5.74, 6) is 1.41. The molecule has 1 aliphatic rings. The summed E-state index contributed by atoms with van der Waals surface area (Å²) in [4.78, 5) is 15.2. The average Bonchev–Trinajstić information content (AvgIpc) is 3.11. The van der Waals surface area contributed by atoms with Crippen molar-refractivity contribution in [2.24, 2.45) is 7.05 Å². The first-order chi connectivity index (χ1) is 13.6. The van der Waals surface area contributed by atoms with Crippen LogP contribution < -0.4 is 9.47 Å². The lowest BCUT2D eigenvalue weighted by Crippen LogP contribution is -2.42. The Labute approximate surface area is 164 Å². The number of carbonyl (C=O) groups is 1. The molecule has 28 heavy (non-hydrogen) atoms. The fraction of sp³-hybridized carbons (Fsp3) is 0.318. The van der Waals surface area contributed by atoms with Crippen molar-refractivity contribution in [3.8, 4) is 11.5 Å². The summed E-state index contributed by atoms with van der Waals surface area (Å²) in [6.45, 7) is 1.61. The number of aryl methyl sites for hydroxylation is 1. The van der Waals surface area contributed by atoms with Gasteiger partial charge in [-0.1, -0.05) is 30.3 Å². The second kappa shape index (κ2) is 7.56. The Balaban J connectivity index is 1.68. The predicted octanol–water partition coefficient (Wildman–Crippen LogP) is 3.41. The van der Waals surface area contributed by atoms with Gasteiger partial charge in [0.2, 0.25) is 0 Å². The number of rotatable bonds is 4. The van der Waals surface area contributed by atoms with E-state index in [1.807, 2.05) is 65.0 Å². The molecule has 1 fully saturated rings. The summed E-state index contributed by atoms with van der Waals surface area (Å²) < 4.78 is 18.8. The molecular formula is C22H24N2O4. The number of aromatic nitrogens is 1. The first-order valence-corrected chi connectivity index (χ1v) is 9.30. The molecule has 0 N–H and O–H groups in total. The lowest BCUT2D eigenvalue weighted by atomic mass is 10.1. The Morgan fingerprint density at radius 3 is 2.50 bits per heavy atom. The number of hydrogen-bond acceptors (Lipinski definition) is 4. The van der Waals surface area contributed by atoms with E-state index < -0.39 is 0 Å². The lowest BCUT2D eigenvalue weighted by Gasteiger charge is -2.33. The summed E-state index contributed by atoms with van der Waals surface area (Å²) in [7, 11) is 5.14. The fourth-order valence-electron chi connectivity index (χ4n) is 3.82. The van der Waals surface area contributed by atoms with Crippen LogP contribution in [0.3, 0.4) is 0 Å². The van der Waals surface area contributed by atoms with Gasteiger partial charge in [-0.3, -0.25) is 4.79 Å². The van der Waals surface area contributed by atoms with E-state index in [1.165, 1.54) is 0 Å². The van der Waals surface area contributed by atoms with E-state index in [0.29, 0.717) is 31.1 Å². The average molecular weight is 380 g/mol. The van der Waals surface area contributed by atoms with Gasteiger partial charge >= 0.3 is 0 Å². The summed E-state index contributed by atoms with van der Waals surface area (Å²) in [5, 5.41) is 0.862. The Morgan fingerprint density at radius 1 is 1.07 bits per heavy atom. The van der Waals surface area contributed by atoms with Crippen LogP contribution in [0.1, 0.15) is 22.2 Å². The van der Waals surface area contributed by atoms with Crippen LogP contribution in [0.5, 0.6) is 11.5 Å². The minimum Gasteiger partial charge on any atom is -0.496 e. The van der Waals surface area contributed by atoms with E-state index in [-0.39, 0.29) is 12.0 Å². The number of ether oxygens (including phenoxy) is 3. The molecule has 3 aromatic rings. The first kappa shape index (κ1) is 18.4. The number of fused-ring (bicyclic) bond motifs is 1. The third kappa shape index (κ3) is 3.10. The smallest absolute Gasteiger partial charge is 0.270 e. The molecule has 0 aliphatic carbocycles. The molecule has 6 heteroatoms. The highest BCUT2D eigenvalue weighted by molar-refractivity contribution is 6.02. The topological polar surface area (TPSA) is 52.9 Å². The number of carbonyl (C=O) groups excluding carboxylic acids is 1. The zero-order chi connectivity index (χ0) is 19.7. The van der Waals surface area contributed by atoms with Gasteiger partial charge in [0.1, 0.15) is 23.3 Å². The lowest BCUT2D eigenvalue weighted by molar-refractivity contribution is -0.0231. The van der Waals surface area contributed by atoms with Crippen LogP contribution >= 0.6 is 0 Å². The minimum atomic E-state index is -0.113. The number of hydrogen-bond donors (Lipinski definition) is 0. The largest absolute Gasteiger partial charge is 0.496 e. The highest BCUT2D eigenvalue weighted by Crippen LogP contribution is 2.35. The molecule has 1 atom stereocenters. The third-order valence-electron chi connectivity index (χ3n) is 5.30. The van der Waals surface area contributed by atoms with E-state index in [9.17, 15) is 4.79 Å². The second-order valence-electron chi connectivity index (χ2n) is 6.84. The number of morpholine rings is 1. The monoisotopic (exact) mass is 380 g/mol. The standard InChI is InChI=1S/C22H24N2O4/c1-23-17(13-16-18(26-2)9-10-19(27-3)21(16)23)22(25)24-11-12-28-20(14-24)15-7-5-4-6-8-15/h4-10,13,20H,11-12,14H2,1-3H3/t20-/m1/s1. The maximum absolute atomic E-state index is 13.3.